The van der Waals surface area contributed by atoms with Gasteiger partial charge in [-0.3, -0.25) is 9.69 Å². The van der Waals surface area contributed by atoms with E-state index in [1.54, 1.807) is 0 Å². The molecular weight excluding hydrogens is 288 g/mol. The molecule has 0 spiro atoms. The van der Waals surface area contributed by atoms with Gasteiger partial charge in [0, 0.05) is 51.9 Å². The van der Waals surface area contributed by atoms with Crippen LogP contribution in [0.5, 0.6) is 0 Å². The maximum Gasteiger partial charge on any atom is 0.236 e. The predicted octanol–water partition coefficient (Wildman–Crippen LogP) is 1.00. The van der Waals surface area contributed by atoms with E-state index in [0.717, 1.165) is 39.3 Å². The Morgan fingerprint density at radius 1 is 1.13 bits per heavy atom. The lowest BCUT2D eigenvalue weighted by Gasteiger charge is -2.40. The standard InChI is InChI=1S/C18H34N4O/c1-16-5-3-4-8-22(16)17(23)13-20-9-11-21(12-10-20)15-18(2)6-7-19-14-18/h16,19H,3-15H2,1-2H3. The molecule has 0 radical (unpaired) electrons. The highest BCUT2D eigenvalue weighted by molar-refractivity contribution is 5.78. The zero-order valence-electron chi connectivity index (χ0n) is 15.0. The normalized spacial score (nSPS) is 34.0. The number of carbonyl (C=O) groups is 1. The number of carbonyl (C=O) groups excluding carboxylic acids is 1. The first-order chi connectivity index (χ1) is 11.1. The van der Waals surface area contributed by atoms with E-state index >= 15 is 0 Å². The molecule has 1 amide bonds. The molecule has 132 valence electrons. The minimum Gasteiger partial charge on any atom is -0.339 e. The molecular formula is C18H34N4O. The molecule has 2 atom stereocenters. The maximum atomic E-state index is 12.6. The highest BCUT2D eigenvalue weighted by Gasteiger charge is 2.32. The van der Waals surface area contributed by atoms with Crippen LogP contribution in [0.2, 0.25) is 0 Å². The van der Waals surface area contributed by atoms with Gasteiger partial charge in [0.25, 0.3) is 0 Å². The Hall–Kier alpha value is -0.650. The SMILES string of the molecule is CC1CCCCN1C(=O)CN1CCN(CC2(C)CCNC2)CC1. The molecule has 2 unspecified atom stereocenters. The highest BCUT2D eigenvalue weighted by Crippen LogP contribution is 2.26. The number of likely N-dealkylation sites (tertiary alicyclic amines) is 1. The summed E-state index contributed by atoms with van der Waals surface area (Å²) in [6, 6.07) is 0.437. The molecule has 5 nitrogen and oxygen atoms in total. The summed E-state index contributed by atoms with van der Waals surface area (Å²) in [5.74, 6) is 0.345. The van der Waals surface area contributed by atoms with Crippen molar-refractivity contribution in [2.24, 2.45) is 5.41 Å². The van der Waals surface area contributed by atoms with Gasteiger partial charge in [0.05, 0.1) is 6.54 Å². The number of rotatable bonds is 4. The maximum absolute atomic E-state index is 12.6. The van der Waals surface area contributed by atoms with Crippen molar-refractivity contribution in [1.82, 2.24) is 20.0 Å². The van der Waals surface area contributed by atoms with Crippen LogP contribution in [0.3, 0.4) is 0 Å². The Labute approximate surface area is 141 Å². The lowest BCUT2D eigenvalue weighted by molar-refractivity contribution is -0.136. The van der Waals surface area contributed by atoms with Gasteiger partial charge >= 0.3 is 0 Å². The zero-order chi connectivity index (χ0) is 16.3. The molecule has 0 aromatic rings. The number of nitrogens with zero attached hydrogens (tertiary/aromatic N) is 3. The number of nitrogens with one attached hydrogen (secondary N) is 1. The topological polar surface area (TPSA) is 38.8 Å². The third kappa shape index (κ3) is 4.46. The molecule has 3 aliphatic rings. The number of piperazine rings is 1. The molecule has 3 aliphatic heterocycles. The summed E-state index contributed by atoms with van der Waals surface area (Å²) < 4.78 is 0. The van der Waals surface area contributed by atoms with Gasteiger partial charge in [-0.15, -0.1) is 0 Å². The molecule has 0 bridgehead atoms. The fourth-order valence-corrected chi connectivity index (χ4v) is 4.40. The van der Waals surface area contributed by atoms with Crippen LogP contribution in [0.1, 0.15) is 39.5 Å². The Balaban J connectivity index is 1.41. The third-order valence-electron chi connectivity index (χ3n) is 6.01. The van der Waals surface area contributed by atoms with Gasteiger partial charge in [0.2, 0.25) is 5.91 Å². The van der Waals surface area contributed by atoms with Gasteiger partial charge in [0.15, 0.2) is 0 Å². The van der Waals surface area contributed by atoms with Crippen LogP contribution >= 0.6 is 0 Å². The first-order valence-electron chi connectivity index (χ1n) is 9.51. The highest BCUT2D eigenvalue weighted by atomic mass is 16.2. The number of hydrogen-bond acceptors (Lipinski definition) is 4. The van der Waals surface area contributed by atoms with Gasteiger partial charge in [-0.05, 0) is 44.6 Å². The average Bonchev–Trinajstić information content (AvgIpc) is 2.96. The second-order valence-electron chi connectivity index (χ2n) is 8.22. The molecule has 3 heterocycles. The summed E-state index contributed by atoms with van der Waals surface area (Å²) in [5.41, 5.74) is 0.446. The van der Waals surface area contributed by atoms with E-state index in [4.69, 9.17) is 0 Å². The Bertz CT molecular complexity index is 400. The lowest BCUT2D eigenvalue weighted by atomic mass is 9.89. The van der Waals surface area contributed by atoms with Crippen molar-refractivity contribution in [2.75, 3.05) is 58.9 Å². The van der Waals surface area contributed by atoms with E-state index in [0.29, 0.717) is 23.9 Å². The fourth-order valence-electron chi connectivity index (χ4n) is 4.40. The van der Waals surface area contributed by atoms with E-state index in [-0.39, 0.29) is 0 Å². The largest absolute Gasteiger partial charge is 0.339 e. The molecule has 0 aromatic carbocycles. The van der Waals surface area contributed by atoms with Gasteiger partial charge in [-0.25, -0.2) is 0 Å². The summed E-state index contributed by atoms with van der Waals surface area (Å²) in [5, 5.41) is 3.49. The van der Waals surface area contributed by atoms with Crippen molar-refractivity contribution in [3.63, 3.8) is 0 Å². The molecule has 5 heteroatoms. The van der Waals surface area contributed by atoms with E-state index in [2.05, 4.69) is 33.9 Å². The van der Waals surface area contributed by atoms with Gasteiger partial charge in [-0.2, -0.15) is 0 Å². The van der Waals surface area contributed by atoms with Crippen molar-refractivity contribution < 1.29 is 4.79 Å². The van der Waals surface area contributed by atoms with Crippen molar-refractivity contribution in [1.29, 1.82) is 0 Å². The smallest absolute Gasteiger partial charge is 0.236 e. The zero-order valence-corrected chi connectivity index (χ0v) is 15.0. The number of hydrogen-bond donors (Lipinski definition) is 1. The van der Waals surface area contributed by atoms with E-state index in [1.165, 1.54) is 38.8 Å². The third-order valence-corrected chi connectivity index (χ3v) is 6.01. The first kappa shape index (κ1) is 17.2. The van der Waals surface area contributed by atoms with E-state index in [9.17, 15) is 4.79 Å². The predicted molar refractivity (Wildman–Crippen MR) is 93.5 cm³/mol. The minimum absolute atomic E-state index is 0.345. The Morgan fingerprint density at radius 2 is 1.87 bits per heavy atom. The van der Waals surface area contributed by atoms with Gasteiger partial charge < -0.3 is 15.1 Å². The van der Waals surface area contributed by atoms with Crippen molar-refractivity contribution in [2.45, 2.75) is 45.6 Å². The Kier molecular flexibility index (Phi) is 5.60. The van der Waals surface area contributed by atoms with Crippen molar-refractivity contribution in [3.05, 3.63) is 0 Å². The molecule has 3 saturated heterocycles. The molecule has 0 aliphatic carbocycles. The second kappa shape index (κ2) is 7.49. The van der Waals surface area contributed by atoms with Gasteiger partial charge in [-0.1, -0.05) is 6.92 Å². The monoisotopic (exact) mass is 322 g/mol. The fraction of sp³-hybridized carbons (Fsp3) is 0.944. The summed E-state index contributed by atoms with van der Waals surface area (Å²) in [4.78, 5) is 19.6. The summed E-state index contributed by atoms with van der Waals surface area (Å²) in [7, 11) is 0. The van der Waals surface area contributed by atoms with Crippen LogP contribution in [-0.4, -0.2) is 85.6 Å². The summed E-state index contributed by atoms with van der Waals surface area (Å²) in [6.45, 7) is 14.0. The van der Waals surface area contributed by atoms with Crippen LogP contribution < -0.4 is 5.32 Å². The van der Waals surface area contributed by atoms with E-state index in [1.807, 2.05) is 0 Å². The van der Waals surface area contributed by atoms with Crippen LogP contribution in [0.15, 0.2) is 0 Å². The van der Waals surface area contributed by atoms with Crippen LogP contribution in [0.4, 0.5) is 0 Å². The van der Waals surface area contributed by atoms with Crippen molar-refractivity contribution in [3.8, 4) is 0 Å². The van der Waals surface area contributed by atoms with Gasteiger partial charge in [0.1, 0.15) is 0 Å². The Morgan fingerprint density at radius 3 is 2.52 bits per heavy atom. The van der Waals surface area contributed by atoms with E-state index < -0.39 is 0 Å². The molecule has 23 heavy (non-hydrogen) atoms. The van der Waals surface area contributed by atoms with Crippen LogP contribution in [0, 0.1) is 5.41 Å². The number of amides is 1. The summed E-state index contributed by atoms with van der Waals surface area (Å²) >= 11 is 0. The van der Waals surface area contributed by atoms with Crippen molar-refractivity contribution >= 4 is 5.91 Å². The molecule has 3 rings (SSSR count). The van der Waals surface area contributed by atoms with Crippen LogP contribution in [-0.2, 0) is 4.79 Å². The van der Waals surface area contributed by atoms with Crippen LogP contribution in [0.25, 0.3) is 0 Å². The minimum atomic E-state index is 0.345. The number of piperidine rings is 1. The second-order valence-corrected chi connectivity index (χ2v) is 8.22. The summed E-state index contributed by atoms with van der Waals surface area (Å²) in [6.07, 6.45) is 4.92. The quantitative estimate of drug-likeness (QED) is 0.838. The average molecular weight is 322 g/mol. The lowest BCUT2D eigenvalue weighted by Crippen LogP contribution is -2.53. The molecule has 1 N–H and O–H groups in total. The molecule has 0 saturated carbocycles. The first-order valence-corrected chi connectivity index (χ1v) is 9.51. The molecule has 0 aromatic heterocycles. The molecule has 3 fully saturated rings.